The maximum Gasteiger partial charge on any atom is 0.336 e. The van der Waals surface area contributed by atoms with Crippen LogP contribution >= 0.6 is 15.9 Å². The minimum absolute atomic E-state index is 0.0528. The molecule has 2 fully saturated rings. The Kier molecular flexibility index (Phi) is 4.12. The Morgan fingerprint density at radius 3 is 2.74 bits per heavy atom. The summed E-state index contributed by atoms with van der Waals surface area (Å²) in [6.07, 6.45) is 2.67. The predicted molar refractivity (Wildman–Crippen MR) is 87.1 cm³/mol. The summed E-state index contributed by atoms with van der Waals surface area (Å²) in [5.74, 6) is -0.781. The number of alkyl halides is 1. The van der Waals surface area contributed by atoms with E-state index in [9.17, 15) is 9.59 Å². The zero-order valence-corrected chi connectivity index (χ0v) is 15.5. The third-order valence-corrected chi connectivity index (χ3v) is 7.13. The Morgan fingerprint density at radius 2 is 2.09 bits per heavy atom. The van der Waals surface area contributed by atoms with Crippen molar-refractivity contribution in [3.8, 4) is 0 Å². The van der Waals surface area contributed by atoms with Gasteiger partial charge in [-0.3, -0.25) is 4.79 Å². The van der Waals surface area contributed by atoms with Crippen molar-refractivity contribution < 1.29 is 23.8 Å². The van der Waals surface area contributed by atoms with Crippen molar-refractivity contribution >= 4 is 27.9 Å². The molecule has 0 spiro atoms. The number of fused-ring (bicyclic) bond motifs is 2. The molecule has 1 aliphatic carbocycles. The molecule has 1 saturated carbocycles. The summed E-state index contributed by atoms with van der Waals surface area (Å²) in [5.41, 5.74) is -0.161. The van der Waals surface area contributed by atoms with Crippen LogP contribution < -0.4 is 0 Å². The largest absolute Gasteiger partial charge is 0.459 e. The highest BCUT2D eigenvalue weighted by Crippen LogP contribution is 2.55. The minimum Gasteiger partial charge on any atom is -0.459 e. The van der Waals surface area contributed by atoms with E-state index in [0.717, 1.165) is 12.8 Å². The Hall–Kier alpha value is -0.880. The molecule has 0 radical (unpaired) electrons. The second-order valence-corrected chi connectivity index (χ2v) is 8.62. The number of hydrogen-bond donors (Lipinski definition) is 0. The molecule has 0 bridgehead atoms. The molecule has 5 nitrogen and oxygen atoms in total. The molecule has 0 N–H and O–H groups in total. The summed E-state index contributed by atoms with van der Waals surface area (Å²) in [5, 5.41) is 0. The highest BCUT2D eigenvalue weighted by Gasteiger charge is 2.58. The predicted octanol–water partition coefficient (Wildman–Crippen LogP) is 2.76. The van der Waals surface area contributed by atoms with Gasteiger partial charge in [-0.15, -0.1) is 0 Å². The Morgan fingerprint density at radius 1 is 1.39 bits per heavy atom. The summed E-state index contributed by atoms with van der Waals surface area (Å²) in [7, 11) is 0. The number of hydrogen-bond acceptors (Lipinski definition) is 5. The number of carbonyl (C=O) groups is 2. The van der Waals surface area contributed by atoms with E-state index in [1.165, 1.54) is 6.92 Å². The van der Waals surface area contributed by atoms with Crippen LogP contribution in [-0.4, -0.2) is 41.2 Å². The zero-order chi connectivity index (χ0) is 17.0. The van der Waals surface area contributed by atoms with Gasteiger partial charge in [-0.1, -0.05) is 29.8 Å². The van der Waals surface area contributed by atoms with Gasteiger partial charge in [0.15, 0.2) is 0 Å². The second-order valence-electron chi connectivity index (χ2n) is 7.52. The fourth-order valence-corrected chi connectivity index (χ4v) is 4.96. The van der Waals surface area contributed by atoms with Gasteiger partial charge in [-0.05, 0) is 31.3 Å². The lowest BCUT2D eigenvalue weighted by atomic mass is 9.59. The number of rotatable bonds is 1. The molecule has 5 atom stereocenters. The Bertz CT molecular complexity index is 569. The van der Waals surface area contributed by atoms with E-state index in [-0.39, 0.29) is 40.8 Å². The fourth-order valence-electron chi connectivity index (χ4n) is 4.45. The van der Waals surface area contributed by atoms with Crippen LogP contribution in [0.5, 0.6) is 0 Å². The maximum absolute atomic E-state index is 12.0. The van der Waals surface area contributed by atoms with Crippen LogP contribution in [0.1, 0.15) is 40.5 Å². The normalized spacial score (nSPS) is 42.0. The Labute approximate surface area is 144 Å². The SMILES string of the molecule is CC(=O)O[C@@H]1C=C2C(=O)OC[C@@H]2O[C@@]2(C)CC[C@H](Br)C(C)(C)[C@H]12. The Balaban J connectivity index is 2.09. The molecule has 3 aliphatic rings. The van der Waals surface area contributed by atoms with Crippen molar-refractivity contribution in [1.29, 1.82) is 0 Å². The van der Waals surface area contributed by atoms with Crippen LogP contribution in [0.2, 0.25) is 0 Å². The lowest BCUT2D eigenvalue weighted by molar-refractivity contribution is -0.185. The van der Waals surface area contributed by atoms with Gasteiger partial charge in [0.2, 0.25) is 0 Å². The average Bonchev–Trinajstić information content (AvgIpc) is 2.68. The third-order valence-electron chi connectivity index (χ3n) is 5.50. The fraction of sp³-hybridized carbons (Fsp3) is 0.765. The van der Waals surface area contributed by atoms with Gasteiger partial charge >= 0.3 is 11.9 Å². The second kappa shape index (κ2) is 5.59. The van der Waals surface area contributed by atoms with Gasteiger partial charge in [-0.2, -0.15) is 0 Å². The molecule has 6 heteroatoms. The molecule has 0 amide bonds. The van der Waals surface area contributed by atoms with Crippen LogP contribution in [-0.2, 0) is 23.8 Å². The van der Waals surface area contributed by atoms with E-state index >= 15 is 0 Å². The molecular weight excluding hydrogens is 364 g/mol. The summed E-state index contributed by atoms with van der Waals surface area (Å²) in [6.45, 7) is 8.01. The maximum atomic E-state index is 12.0. The van der Waals surface area contributed by atoms with Gasteiger partial charge in [0.05, 0.1) is 11.2 Å². The number of halogens is 1. The molecule has 0 aromatic heterocycles. The number of cyclic esters (lactones) is 1. The molecular formula is C17H23BrO5. The van der Waals surface area contributed by atoms with Crippen LogP contribution in [0.4, 0.5) is 0 Å². The first-order valence-corrected chi connectivity index (χ1v) is 8.94. The molecule has 0 aromatic rings. The van der Waals surface area contributed by atoms with Gasteiger partial charge in [0, 0.05) is 17.7 Å². The van der Waals surface area contributed by atoms with E-state index in [2.05, 4.69) is 36.7 Å². The smallest absolute Gasteiger partial charge is 0.336 e. The summed E-state index contributed by atoms with van der Waals surface area (Å²) < 4.78 is 17.1. The molecule has 2 heterocycles. The van der Waals surface area contributed by atoms with Crippen LogP contribution in [0.15, 0.2) is 11.6 Å². The van der Waals surface area contributed by atoms with Gasteiger partial charge in [0.25, 0.3) is 0 Å². The zero-order valence-electron chi connectivity index (χ0n) is 13.9. The first kappa shape index (κ1) is 17.0. The molecule has 128 valence electrons. The molecule has 0 aromatic carbocycles. The number of ether oxygens (including phenoxy) is 3. The lowest BCUT2D eigenvalue weighted by Crippen LogP contribution is -2.58. The van der Waals surface area contributed by atoms with Gasteiger partial charge in [-0.25, -0.2) is 4.79 Å². The first-order valence-electron chi connectivity index (χ1n) is 8.03. The van der Waals surface area contributed by atoms with E-state index in [1.807, 2.05) is 0 Å². The summed E-state index contributed by atoms with van der Waals surface area (Å²) in [4.78, 5) is 23.9. The number of carbonyl (C=O) groups excluding carboxylic acids is 2. The molecule has 2 aliphatic heterocycles. The van der Waals surface area contributed by atoms with Gasteiger partial charge in [0.1, 0.15) is 18.8 Å². The van der Waals surface area contributed by atoms with Gasteiger partial charge < -0.3 is 14.2 Å². The van der Waals surface area contributed by atoms with Crippen LogP contribution in [0.25, 0.3) is 0 Å². The summed E-state index contributed by atoms with van der Waals surface area (Å²) >= 11 is 3.78. The van der Waals surface area contributed by atoms with Crippen molar-refractivity contribution in [2.75, 3.05) is 6.61 Å². The van der Waals surface area contributed by atoms with Crippen molar-refractivity contribution in [2.45, 2.75) is 63.2 Å². The number of esters is 2. The van der Waals surface area contributed by atoms with E-state index in [1.54, 1.807) is 6.08 Å². The highest BCUT2D eigenvalue weighted by atomic mass is 79.9. The topological polar surface area (TPSA) is 61.8 Å². The lowest BCUT2D eigenvalue weighted by Gasteiger charge is -2.54. The average molecular weight is 387 g/mol. The minimum atomic E-state index is -0.501. The molecule has 23 heavy (non-hydrogen) atoms. The van der Waals surface area contributed by atoms with Crippen molar-refractivity contribution in [2.24, 2.45) is 11.3 Å². The highest BCUT2D eigenvalue weighted by molar-refractivity contribution is 9.09. The molecule has 0 unspecified atom stereocenters. The van der Waals surface area contributed by atoms with E-state index in [4.69, 9.17) is 14.2 Å². The quantitative estimate of drug-likeness (QED) is 0.512. The monoisotopic (exact) mass is 386 g/mol. The van der Waals surface area contributed by atoms with E-state index in [0.29, 0.717) is 5.57 Å². The first-order chi connectivity index (χ1) is 10.6. The molecule has 1 saturated heterocycles. The standard InChI is InChI=1S/C17H23BrO5/c1-9(19)22-11-7-10-12(8-21-15(10)20)23-17(4)6-5-13(18)16(2,3)14(11)17/h7,11-14H,5-6,8H2,1-4H3/t11-,12+,13+,14+,17+/m1/s1. The van der Waals surface area contributed by atoms with E-state index < -0.39 is 11.7 Å². The van der Waals surface area contributed by atoms with Crippen LogP contribution in [0, 0.1) is 11.3 Å². The molecule has 3 rings (SSSR count). The third kappa shape index (κ3) is 2.74. The van der Waals surface area contributed by atoms with Crippen molar-refractivity contribution in [3.05, 3.63) is 11.6 Å². The van der Waals surface area contributed by atoms with Crippen LogP contribution in [0.3, 0.4) is 0 Å². The van der Waals surface area contributed by atoms with Crippen molar-refractivity contribution in [3.63, 3.8) is 0 Å². The summed E-state index contributed by atoms with van der Waals surface area (Å²) in [6, 6.07) is 0. The van der Waals surface area contributed by atoms with Crippen molar-refractivity contribution in [1.82, 2.24) is 0 Å².